The van der Waals surface area contributed by atoms with Crippen molar-refractivity contribution in [2.24, 2.45) is 0 Å². The monoisotopic (exact) mass is 274 g/mol. The molecule has 1 aliphatic carbocycles. The molecule has 2 aromatic rings. The minimum atomic E-state index is -0.468. The van der Waals surface area contributed by atoms with Gasteiger partial charge in [0.25, 0.3) is 0 Å². The lowest BCUT2D eigenvalue weighted by Crippen LogP contribution is -2.11. The molecule has 2 heterocycles. The molecule has 0 atom stereocenters. The van der Waals surface area contributed by atoms with E-state index in [0.29, 0.717) is 5.95 Å². The van der Waals surface area contributed by atoms with Crippen LogP contribution in [0.3, 0.4) is 0 Å². The Bertz CT molecular complexity index is 666. The summed E-state index contributed by atoms with van der Waals surface area (Å²) in [6, 6.07) is 0. The molecular weight excluding hydrogens is 260 g/mol. The van der Waals surface area contributed by atoms with Crippen LogP contribution in [0.2, 0.25) is 0 Å². The molecule has 8 nitrogen and oxygen atoms in total. The highest BCUT2D eigenvalue weighted by Gasteiger charge is 2.24. The van der Waals surface area contributed by atoms with Gasteiger partial charge in [0.1, 0.15) is 12.5 Å². The fourth-order valence-corrected chi connectivity index (χ4v) is 2.44. The number of nitro groups is 1. The number of anilines is 1. The van der Waals surface area contributed by atoms with Gasteiger partial charge in [-0.3, -0.25) is 14.7 Å². The minimum absolute atomic E-state index is 0.116. The molecule has 0 saturated heterocycles. The molecule has 0 saturated carbocycles. The van der Waals surface area contributed by atoms with Crippen LogP contribution < -0.4 is 5.32 Å². The van der Waals surface area contributed by atoms with Crippen LogP contribution in [0.1, 0.15) is 24.2 Å². The van der Waals surface area contributed by atoms with E-state index in [4.69, 9.17) is 0 Å². The molecule has 0 radical (unpaired) electrons. The largest absolute Gasteiger partial charge is 0.357 e. The van der Waals surface area contributed by atoms with Crippen LogP contribution in [-0.4, -0.2) is 31.5 Å². The van der Waals surface area contributed by atoms with E-state index in [0.717, 1.165) is 37.1 Å². The van der Waals surface area contributed by atoms with Crippen molar-refractivity contribution in [1.29, 1.82) is 0 Å². The third kappa shape index (κ3) is 1.98. The Labute approximate surface area is 115 Å². The second-order valence-electron chi connectivity index (χ2n) is 4.62. The van der Waals surface area contributed by atoms with E-state index in [2.05, 4.69) is 20.3 Å². The molecule has 20 heavy (non-hydrogen) atoms. The second-order valence-corrected chi connectivity index (χ2v) is 4.62. The first-order valence-electron chi connectivity index (χ1n) is 6.45. The summed E-state index contributed by atoms with van der Waals surface area (Å²) in [5.74, 6) is 0.619. The van der Waals surface area contributed by atoms with Gasteiger partial charge in [0, 0.05) is 12.7 Å². The summed E-state index contributed by atoms with van der Waals surface area (Å²) in [4.78, 5) is 23.2. The number of imidazole rings is 1. The van der Waals surface area contributed by atoms with Crippen molar-refractivity contribution in [3.8, 4) is 5.82 Å². The lowest BCUT2D eigenvalue weighted by molar-refractivity contribution is -0.385. The van der Waals surface area contributed by atoms with Crippen LogP contribution in [0, 0.1) is 10.1 Å². The summed E-state index contributed by atoms with van der Waals surface area (Å²) < 4.78 is 1.72. The fourth-order valence-electron chi connectivity index (χ4n) is 2.44. The lowest BCUT2D eigenvalue weighted by Gasteiger charge is -2.13. The topological polar surface area (TPSA) is 98.8 Å². The third-order valence-electron chi connectivity index (χ3n) is 3.43. The van der Waals surface area contributed by atoms with Gasteiger partial charge in [0.15, 0.2) is 0 Å². The quantitative estimate of drug-likeness (QED) is 0.672. The van der Waals surface area contributed by atoms with Crippen molar-refractivity contribution in [3.05, 3.63) is 34.0 Å². The molecule has 0 fully saturated rings. The van der Waals surface area contributed by atoms with Crippen LogP contribution in [-0.2, 0) is 12.8 Å². The predicted molar refractivity (Wildman–Crippen MR) is 72.0 cm³/mol. The van der Waals surface area contributed by atoms with Gasteiger partial charge in [0.05, 0.1) is 10.6 Å². The molecule has 0 aliphatic heterocycles. The molecule has 0 amide bonds. The number of nitrogens with one attached hydrogen (secondary N) is 1. The molecule has 1 N–H and O–H groups in total. The Morgan fingerprint density at radius 1 is 1.35 bits per heavy atom. The normalized spacial score (nSPS) is 13.8. The van der Waals surface area contributed by atoms with E-state index < -0.39 is 4.92 Å². The molecule has 0 bridgehead atoms. The van der Waals surface area contributed by atoms with Gasteiger partial charge < -0.3 is 5.32 Å². The van der Waals surface area contributed by atoms with Gasteiger partial charge in [-0.1, -0.05) is 0 Å². The highest BCUT2D eigenvalue weighted by atomic mass is 16.6. The first kappa shape index (κ1) is 12.5. The average Bonchev–Trinajstić information content (AvgIpc) is 2.90. The van der Waals surface area contributed by atoms with Crippen molar-refractivity contribution in [2.45, 2.75) is 25.7 Å². The number of rotatable bonds is 3. The van der Waals surface area contributed by atoms with E-state index in [1.807, 2.05) is 0 Å². The van der Waals surface area contributed by atoms with Crippen LogP contribution in [0.15, 0.2) is 12.5 Å². The number of aryl methyl sites for hydroxylation is 1. The molecular formula is C12H14N6O2. The zero-order valence-electron chi connectivity index (χ0n) is 11.0. The van der Waals surface area contributed by atoms with Crippen molar-refractivity contribution < 1.29 is 4.92 Å². The van der Waals surface area contributed by atoms with Crippen molar-refractivity contribution in [1.82, 2.24) is 19.5 Å². The van der Waals surface area contributed by atoms with Gasteiger partial charge in [0.2, 0.25) is 11.8 Å². The highest BCUT2D eigenvalue weighted by molar-refractivity contribution is 5.50. The Balaban J connectivity index is 2.17. The minimum Gasteiger partial charge on any atom is -0.357 e. The lowest BCUT2D eigenvalue weighted by atomic mass is 10.0. The van der Waals surface area contributed by atoms with Crippen molar-refractivity contribution in [2.75, 3.05) is 12.4 Å². The first-order chi connectivity index (χ1) is 9.70. The number of nitrogens with zero attached hydrogens (tertiary/aromatic N) is 5. The summed E-state index contributed by atoms with van der Waals surface area (Å²) in [7, 11) is 1.67. The summed E-state index contributed by atoms with van der Waals surface area (Å²) in [6.07, 6.45) is 6.80. The first-order valence-corrected chi connectivity index (χ1v) is 6.45. The van der Waals surface area contributed by atoms with Gasteiger partial charge in [-0.25, -0.2) is 9.97 Å². The summed E-state index contributed by atoms with van der Waals surface area (Å²) >= 11 is 0. The molecule has 0 unspecified atom stereocenters. The Morgan fingerprint density at radius 2 is 2.15 bits per heavy atom. The molecule has 1 aliphatic rings. The molecule has 0 aromatic carbocycles. The maximum atomic E-state index is 11.2. The van der Waals surface area contributed by atoms with Crippen LogP contribution in [0.4, 0.5) is 11.6 Å². The van der Waals surface area contributed by atoms with Gasteiger partial charge in [-0.2, -0.15) is 4.98 Å². The van der Waals surface area contributed by atoms with E-state index in [9.17, 15) is 10.1 Å². The summed E-state index contributed by atoms with van der Waals surface area (Å²) in [5.41, 5.74) is 1.91. The van der Waals surface area contributed by atoms with Crippen molar-refractivity contribution in [3.63, 3.8) is 0 Å². The van der Waals surface area contributed by atoms with Gasteiger partial charge >= 0.3 is 5.69 Å². The van der Waals surface area contributed by atoms with Crippen LogP contribution in [0.25, 0.3) is 5.82 Å². The molecule has 2 aromatic heterocycles. The second kappa shape index (κ2) is 4.87. The maximum Gasteiger partial charge on any atom is 0.330 e. The predicted octanol–water partition coefficient (Wildman–Crippen LogP) is 1.49. The number of fused-ring (bicyclic) bond motifs is 1. The Hall–Kier alpha value is -2.51. The van der Waals surface area contributed by atoms with E-state index in [-0.39, 0.29) is 11.5 Å². The van der Waals surface area contributed by atoms with Crippen LogP contribution in [0.5, 0.6) is 0 Å². The van der Waals surface area contributed by atoms with Gasteiger partial charge in [-0.05, 0) is 25.7 Å². The maximum absolute atomic E-state index is 11.2. The average molecular weight is 274 g/mol. The third-order valence-corrected chi connectivity index (χ3v) is 3.43. The van der Waals surface area contributed by atoms with E-state index in [1.54, 1.807) is 17.9 Å². The molecule has 8 heteroatoms. The van der Waals surface area contributed by atoms with Crippen LogP contribution >= 0.6 is 0 Å². The summed E-state index contributed by atoms with van der Waals surface area (Å²) in [6.45, 7) is 0. The number of hydrogen-bond donors (Lipinski definition) is 1. The molecule has 104 valence electrons. The smallest absolute Gasteiger partial charge is 0.330 e. The Morgan fingerprint density at radius 3 is 2.90 bits per heavy atom. The van der Waals surface area contributed by atoms with Crippen molar-refractivity contribution >= 4 is 11.6 Å². The summed E-state index contributed by atoms with van der Waals surface area (Å²) in [5, 5.41) is 14.0. The molecule has 0 spiro atoms. The fraction of sp³-hybridized carbons (Fsp3) is 0.417. The van der Waals surface area contributed by atoms with E-state index >= 15 is 0 Å². The number of hydrogen-bond acceptors (Lipinski definition) is 6. The highest BCUT2D eigenvalue weighted by Crippen LogP contribution is 2.27. The van der Waals surface area contributed by atoms with E-state index in [1.165, 1.54) is 6.20 Å². The standard InChI is InChI=1S/C12H14N6O2/c1-13-12-14-6-10(18(19)20)11(16-12)17-7-15-8-4-2-3-5-9(8)17/h6-7H,2-5H2,1H3,(H,13,14,16). The SMILES string of the molecule is CNc1ncc([N+](=O)[O-])c(-n2cnc3c2CCCC3)n1. The molecule has 3 rings (SSSR count). The zero-order chi connectivity index (χ0) is 14.1. The Kier molecular flexibility index (Phi) is 3.05. The number of aromatic nitrogens is 4. The zero-order valence-corrected chi connectivity index (χ0v) is 11.0. The van der Waals surface area contributed by atoms with Gasteiger partial charge in [-0.15, -0.1) is 0 Å².